The van der Waals surface area contributed by atoms with Gasteiger partial charge < -0.3 is 29.2 Å². The summed E-state index contributed by atoms with van der Waals surface area (Å²) in [6, 6.07) is 9.67. The number of ketones is 1. The van der Waals surface area contributed by atoms with Crippen LogP contribution in [0.15, 0.2) is 48.6 Å². The van der Waals surface area contributed by atoms with Gasteiger partial charge in [0.1, 0.15) is 0 Å². The summed E-state index contributed by atoms with van der Waals surface area (Å²) in [6.45, 7) is -0.988. The first kappa shape index (κ1) is 24.0. The summed E-state index contributed by atoms with van der Waals surface area (Å²) in [7, 11) is 2.85. The maximum Gasteiger partial charge on any atom is 0.341 e. The first-order valence-electron chi connectivity index (χ1n) is 9.27. The minimum Gasteiger partial charge on any atom is -0.493 e. The van der Waals surface area contributed by atoms with E-state index in [2.05, 4.69) is 0 Å². The van der Waals surface area contributed by atoms with Crippen molar-refractivity contribution >= 4 is 29.9 Å². The minimum absolute atomic E-state index is 0.277. The maximum absolute atomic E-state index is 12.2. The summed E-state index contributed by atoms with van der Waals surface area (Å²) >= 11 is 0. The Bertz CT molecular complexity index is 956. The molecule has 2 rings (SSSR count). The van der Waals surface area contributed by atoms with Gasteiger partial charge in [-0.15, -0.1) is 0 Å². The summed E-state index contributed by atoms with van der Waals surface area (Å²) in [6.07, 6.45) is 5.90. The van der Waals surface area contributed by atoms with Crippen LogP contribution < -0.4 is 18.9 Å². The highest BCUT2D eigenvalue weighted by Gasteiger charge is 2.08. The molecule has 2 N–H and O–H groups in total. The zero-order valence-corrected chi connectivity index (χ0v) is 17.4. The van der Waals surface area contributed by atoms with Gasteiger partial charge in [-0.25, -0.2) is 9.59 Å². The highest BCUT2D eigenvalue weighted by Crippen LogP contribution is 2.29. The lowest BCUT2D eigenvalue weighted by atomic mass is 10.1. The van der Waals surface area contributed by atoms with Crippen LogP contribution in [0.2, 0.25) is 0 Å². The van der Waals surface area contributed by atoms with Gasteiger partial charge in [0.2, 0.25) is 0 Å². The Hall–Kier alpha value is -4.27. The van der Waals surface area contributed by atoms with E-state index in [0.29, 0.717) is 22.6 Å². The Morgan fingerprint density at radius 2 is 1.12 bits per heavy atom. The average Bonchev–Trinajstić information content (AvgIpc) is 2.78. The van der Waals surface area contributed by atoms with Crippen LogP contribution in [-0.2, 0) is 14.4 Å². The number of carbonyl (C=O) groups is 3. The lowest BCUT2D eigenvalue weighted by molar-refractivity contribution is -0.140. The summed E-state index contributed by atoms with van der Waals surface area (Å²) in [5.41, 5.74) is 1.32. The normalized spacial score (nSPS) is 10.8. The van der Waals surface area contributed by atoms with Crippen molar-refractivity contribution in [1.29, 1.82) is 0 Å². The van der Waals surface area contributed by atoms with Crippen LogP contribution in [0.4, 0.5) is 0 Å². The molecule has 0 spiro atoms. The first-order chi connectivity index (χ1) is 15.3. The van der Waals surface area contributed by atoms with Gasteiger partial charge in [-0.05, 0) is 47.5 Å². The van der Waals surface area contributed by atoms with Crippen LogP contribution in [0, 0.1) is 0 Å². The zero-order chi connectivity index (χ0) is 23.5. The van der Waals surface area contributed by atoms with E-state index in [1.54, 1.807) is 48.6 Å². The quantitative estimate of drug-likeness (QED) is 0.477. The van der Waals surface area contributed by atoms with E-state index in [4.69, 9.17) is 29.2 Å². The third kappa shape index (κ3) is 7.52. The topological polar surface area (TPSA) is 129 Å². The summed E-state index contributed by atoms with van der Waals surface area (Å²) in [5.74, 6) is -1.24. The van der Waals surface area contributed by atoms with Gasteiger partial charge in [0.15, 0.2) is 42.0 Å². The third-order valence-corrected chi connectivity index (χ3v) is 3.96. The van der Waals surface area contributed by atoms with Crippen molar-refractivity contribution in [3.63, 3.8) is 0 Å². The fourth-order valence-corrected chi connectivity index (χ4v) is 2.51. The van der Waals surface area contributed by atoms with E-state index in [1.807, 2.05) is 0 Å². The SMILES string of the molecule is COc1cc(/C=C/C(=O)/C=C/c2ccc(OCC(=O)O)c(OC)c2)ccc1OCC(=O)O. The van der Waals surface area contributed by atoms with Gasteiger partial charge in [0, 0.05) is 0 Å². The number of hydrogen-bond donors (Lipinski definition) is 2. The number of hydrogen-bond acceptors (Lipinski definition) is 7. The number of aliphatic carboxylic acids is 2. The molecular weight excluding hydrogens is 420 g/mol. The standard InChI is InChI=1S/C23H22O9/c1-29-20-11-15(5-9-18(20)31-13-22(25)26)3-7-17(24)8-4-16-6-10-19(21(12-16)30-2)32-14-23(27)28/h3-12H,13-14H2,1-2H3,(H,25,26)(H,27,28)/b7-3+,8-4+. The molecule has 0 radical (unpaired) electrons. The number of carboxylic acids is 2. The molecule has 0 heterocycles. The van der Waals surface area contributed by atoms with Crippen LogP contribution >= 0.6 is 0 Å². The molecular formula is C23H22O9. The number of methoxy groups -OCH3 is 2. The fourth-order valence-electron chi connectivity index (χ4n) is 2.51. The second-order valence-electron chi connectivity index (χ2n) is 6.25. The number of allylic oxidation sites excluding steroid dienone is 2. The van der Waals surface area contributed by atoms with Crippen molar-refractivity contribution in [3.05, 3.63) is 59.7 Å². The van der Waals surface area contributed by atoms with Crippen molar-refractivity contribution in [3.8, 4) is 23.0 Å². The van der Waals surface area contributed by atoms with E-state index in [0.717, 1.165) is 0 Å². The molecule has 168 valence electrons. The molecule has 0 fully saturated rings. The molecule has 0 aromatic heterocycles. The van der Waals surface area contributed by atoms with E-state index >= 15 is 0 Å². The first-order valence-corrected chi connectivity index (χ1v) is 9.27. The molecule has 32 heavy (non-hydrogen) atoms. The number of rotatable bonds is 12. The largest absolute Gasteiger partial charge is 0.493 e. The molecule has 0 atom stereocenters. The van der Waals surface area contributed by atoms with Crippen LogP contribution in [-0.4, -0.2) is 55.4 Å². The Morgan fingerprint density at radius 1 is 0.719 bits per heavy atom. The molecule has 0 aliphatic rings. The molecule has 0 aliphatic carbocycles. The van der Waals surface area contributed by atoms with Gasteiger partial charge in [-0.1, -0.05) is 24.3 Å². The predicted octanol–water partition coefficient (Wildman–Crippen LogP) is 2.93. The van der Waals surface area contributed by atoms with Crippen LogP contribution in [0.5, 0.6) is 23.0 Å². The van der Waals surface area contributed by atoms with Crippen LogP contribution in [0.1, 0.15) is 11.1 Å². The number of carboxylic acid groups (broad SMARTS) is 2. The Labute approximate surface area is 184 Å². The number of carbonyl (C=O) groups excluding carboxylic acids is 1. The van der Waals surface area contributed by atoms with Gasteiger partial charge >= 0.3 is 11.9 Å². The molecule has 0 saturated heterocycles. The smallest absolute Gasteiger partial charge is 0.341 e. The number of benzene rings is 2. The summed E-state index contributed by atoms with van der Waals surface area (Å²) < 4.78 is 20.6. The van der Waals surface area contributed by atoms with E-state index < -0.39 is 25.2 Å². The van der Waals surface area contributed by atoms with Crippen molar-refractivity contribution in [1.82, 2.24) is 0 Å². The lowest BCUT2D eigenvalue weighted by Gasteiger charge is -2.09. The monoisotopic (exact) mass is 442 g/mol. The molecule has 0 bridgehead atoms. The van der Waals surface area contributed by atoms with Crippen LogP contribution in [0.3, 0.4) is 0 Å². The molecule has 0 aliphatic heterocycles. The Morgan fingerprint density at radius 3 is 1.47 bits per heavy atom. The van der Waals surface area contributed by atoms with Crippen LogP contribution in [0.25, 0.3) is 12.2 Å². The van der Waals surface area contributed by atoms with Crippen molar-refractivity contribution in [2.24, 2.45) is 0 Å². The van der Waals surface area contributed by atoms with Crippen molar-refractivity contribution in [2.75, 3.05) is 27.4 Å². The minimum atomic E-state index is -1.10. The summed E-state index contributed by atoms with van der Waals surface area (Å²) in [5, 5.41) is 17.4. The fraction of sp³-hybridized carbons (Fsp3) is 0.174. The Kier molecular flexibility index (Phi) is 8.85. The van der Waals surface area contributed by atoms with Crippen molar-refractivity contribution in [2.45, 2.75) is 0 Å². The highest BCUT2D eigenvalue weighted by atomic mass is 16.5. The van der Waals surface area contributed by atoms with Gasteiger partial charge in [0.05, 0.1) is 14.2 Å². The maximum atomic E-state index is 12.2. The van der Waals surface area contributed by atoms with Gasteiger partial charge in [-0.3, -0.25) is 4.79 Å². The Balaban J connectivity index is 2.05. The molecule has 9 heteroatoms. The average molecular weight is 442 g/mol. The lowest BCUT2D eigenvalue weighted by Crippen LogP contribution is -2.10. The third-order valence-electron chi connectivity index (χ3n) is 3.96. The highest BCUT2D eigenvalue weighted by molar-refractivity contribution is 6.04. The van der Waals surface area contributed by atoms with E-state index in [-0.39, 0.29) is 17.3 Å². The molecule has 0 unspecified atom stereocenters. The van der Waals surface area contributed by atoms with Gasteiger partial charge in [-0.2, -0.15) is 0 Å². The second-order valence-corrected chi connectivity index (χ2v) is 6.25. The molecule has 9 nitrogen and oxygen atoms in total. The van der Waals surface area contributed by atoms with E-state index in [1.165, 1.54) is 26.4 Å². The molecule has 0 amide bonds. The second kappa shape index (κ2) is 11.8. The van der Waals surface area contributed by atoms with E-state index in [9.17, 15) is 14.4 Å². The zero-order valence-electron chi connectivity index (χ0n) is 17.4. The molecule has 2 aromatic rings. The molecule has 0 saturated carbocycles. The molecule has 2 aromatic carbocycles. The van der Waals surface area contributed by atoms with Gasteiger partial charge in [0.25, 0.3) is 0 Å². The van der Waals surface area contributed by atoms with Crippen molar-refractivity contribution < 1.29 is 43.5 Å². The number of ether oxygens (including phenoxy) is 4. The predicted molar refractivity (Wildman–Crippen MR) is 115 cm³/mol. The summed E-state index contributed by atoms with van der Waals surface area (Å²) in [4.78, 5) is 33.4.